The average molecular weight is 166 g/mol. The van der Waals surface area contributed by atoms with E-state index in [0.717, 1.165) is 0 Å². The van der Waals surface area contributed by atoms with Crippen LogP contribution >= 0.6 is 0 Å². The highest BCUT2D eigenvalue weighted by Gasteiger charge is 1.94. The van der Waals surface area contributed by atoms with Gasteiger partial charge in [-0.15, -0.1) is 0 Å². The number of carboxylic acid groups (broad SMARTS) is 1. The molecule has 0 aliphatic carbocycles. The highest BCUT2D eigenvalue weighted by Crippen LogP contribution is 1.77. The van der Waals surface area contributed by atoms with Gasteiger partial charge in [0, 0.05) is 0 Å². The van der Waals surface area contributed by atoms with Crippen molar-refractivity contribution in [3.05, 3.63) is 0 Å². The van der Waals surface area contributed by atoms with E-state index in [9.17, 15) is 4.79 Å². The highest BCUT2D eigenvalue weighted by atomic mass is 16.5. The Morgan fingerprint density at radius 2 is 2.09 bits per heavy atom. The zero-order valence-electron chi connectivity index (χ0n) is 7.12. The van der Waals surface area contributed by atoms with E-state index in [4.69, 9.17) is 11.3 Å². The van der Waals surface area contributed by atoms with Crippen LogP contribution in [-0.4, -0.2) is 50.7 Å². The van der Waals surface area contributed by atoms with Gasteiger partial charge in [0.15, 0.2) is 0 Å². The first-order chi connectivity index (χ1) is 5.77. The minimum atomic E-state index is -0.996. The lowest BCUT2D eigenvalue weighted by molar-refractivity contribution is -0.142. The second kappa shape index (κ2) is 7.46. The Bertz CT molecular complexity index is 119. The largest absolute Gasteiger partial charge is 0.480 e. The van der Waals surface area contributed by atoms with Crippen LogP contribution in [0.25, 0.3) is 0 Å². The summed E-state index contributed by atoms with van der Waals surface area (Å²) in [4.78, 5) is 9.92. The fourth-order valence-corrected chi connectivity index (χ4v) is 0.438. The van der Waals surface area contributed by atoms with Crippen molar-refractivity contribution >= 4 is 5.97 Å². The average Bonchev–Trinajstić information content (AvgIpc) is 2.02. The lowest BCUT2D eigenvalue weighted by Crippen LogP contribution is -2.12. The van der Waals surface area contributed by atoms with Crippen molar-refractivity contribution in [2.24, 2.45) is 0 Å². The van der Waals surface area contributed by atoms with Crippen LogP contribution in [-0.2, 0) is 14.3 Å². The van der Waals surface area contributed by atoms with E-state index >= 15 is 0 Å². The lowest BCUT2D eigenvalue weighted by Gasteiger charge is -2.01. The predicted octanol–water partition coefficient (Wildman–Crippen LogP) is -0.903. The Labute approximate surface area is 66.0 Å². The highest BCUT2D eigenvalue weighted by molar-refractivity contribution is 5.67. The molecular weight excluding hydrogens is 152 g/mol. The van der Waals surface area contributed by atoms with Gasteiger partial charge < -0.3 is 19.7 Å². The number of ether oxygens (including phenoxy) is 2. The van der Waals surface area contributed by atoms with Gasteiger partial charge in [0.05, 0.1) is 26.4 Å². The van der Waals surface area contributed by atoms with Gasteiger partial charge in [0.1, 0.15) is 6.61 Å². The minimum absolute atomic E-state index is 0.207. The molecule has 0 aromatic carbocycles. The number of aliphatic hydroxyl groups is 1. The van der Waals surface area contributed by atoms with Crippen molar-refractivity contribution in [2.75, 3.05) is 33.0 Å². The maximum absolute atomic E-state index is 9.92. The van der Waals surface area contributed by atoms with E-state index in [0.29, 0.717) is 13.2 Å². The number of hydrogen-bond acceptors (Lipinski definition) is 4. The molecule has 0 aromatic heterocycles. The van der Waals surface area contributed by atoms with Gasteiger partial charge in [-0.3, -0.25) is 0 Å². The van der Waals surface area contributed by atoms with Crippen molar-refractivity contribution in [1.82, 2.24) is 0 Å². The maximum Gasteiger partial charge on any atom is 0.329 e. The molecule has 0 aliphatic rings. The molecule has 0 fully saturated rings. The summed E-state index contributed by atoms with van der Waals surface area (Å²) in [6.07, 6.45) is 0. The fourth-order valence-electron chi connectivity index (χ4n) is 0.438. The summed E-state index contributed by atoms with van der Waals surface area (Å²) in [6.45, 7) is 0.776. The van der Waals surface area contributed by atoms with Crippen LogP contribution in [0, 0.1) is 0 Å². The molecule has 0 amide bonds. The van der Waals surface area contributed by atoms with Crippen molar-refractivity contribution in [3.8, 4) is 0 Å². The lowest BCUT2D eigenvalue weighted by atomic mass is 10.7. The Hall–Kier alpha value is -0.650. The number of carbonyl (C=O) groups is 1. The minimum Gasteiger partial charge on any atom is -0.480 e. The zero-order valence-corrected chi connectivity index (χ0v) is 6.12. The monoisotopic (exact) mass is 166 g/mol. The molecule has 0 aromatic rings. The number of hydrogen-bond donors (Lipinski definition) is 2. The molecule has 2 N–H and O–H groups in total. The molecule has 66 valence electrons. The summed E-state index contributed by atoms with van der Waals surface area (Å²) in [6, 6.07) is 0. The molecule has 0 aliphatic heterocycles. The summed E-state index contributed by atoms with van der Waals surface area (Å²) >= 11 is 0. The molecule has 0 spiro atoms. The molecule has 0 heterocycles. The normalized spacial score (nSPS) is 11.1. The summed E-state index contributed by atoms with van der Waals surface area (Å²) in [5.74, 6) is -0.996. The molecule has 0 saturated carbocycles. The summed E-state index contributed by atoms with van der Waals surface area (Å²) in [7, 11) is 0. The second-order valence-electron chi connectivity index (χ2n) is 1.76. The first-order valence-electron chi connectivity index (χ1n) is 3.63. The predicted molar refractivity (Wildman–Crippen MR) is 36.4 cm³/mol. The molecular formula is C6H12O5. The van der Waals surface area contributed by atoms with Crippen LogP contribution in [0.15, 0.2) is 0 Å². The molecule has 11 heavy (non-hydrogen) atoms. The number of aliphatic carboxylic acids is 1. The summed E-state index contributed by atoms with van der Waals surface area (Å²) in [5.41, 5.74) is 0. The van der Waals surface area contributed by atoms with Crippen LogP contribution in [0.2, 0.25) is 0 Å². The SMILES string of the molecule is [3H]OCCOCCOCC(=O)O. The molecule has 5 nitrogen and oxygen atoms in total. The van der Waals surface area contributed by atoms with Gasteiger partial charge in [-0.2, -0.15) is 0 Å². The van der Waals surface area contributed by atoms with Gasteiger partial charge in [0.25, 0.3) is 0 Å². The van der Waals surface area contributed by atoms with E-state index in [1.807, 2.05) is 0 Å². The zero-order chi connectivity index (χ0) is 9.23. The molecule has 0 atom stereocenters. The van der Waals surface area contributed by atoms with Crippen molar-refractivity contribution in [2.45, 2.75) is 0 Å². The van der Waals surface area contributed by atoms with Gasteiger partial charge in [0.2, 0.25) is 1.43 Å². The number of rotatable bonds is 8. The van der Waals surface area contributed by atoms with Gasteiger partial charge >= 0.3 is 5.97 Å². The third-order valence-electron chi connectivity index (χ3n) is 0.825. The van der Waals surface area contributed by atoms with Crippen LogP contribution in [0.5, 0.6) is 0 Å². The topological polar surface area (TPSA) is 76.0 Å². The third kappa shape index (κ3) is 9.35. The van der Waals surface area contributed by atoms with Crippen molar-refractivity contribution < 1.29 is 24.5 Å². The quantitative estimate of drug-likeness (QED) is 0.457. The maximum atomic E-state index is 9.92. The smallest absolute Gasteiger partial charge is 0.329 e. The van der Waals surface area contributed by atoms with E-state index in [2.05, 4.69) is 9.85 Å². The Balaban J connectivity index is 2.86. The van der Waals surface area contributed by atoms with Crippen LogP contribution in [0.1, 0.15) is 0 Å². The third-order valence-corrected chi connectivity index (χ3v) is 0.825. The summed E-state index contributed by atoms with van der Waals surface area (Å²) < 4.78 is 15.8. The molecule has 0 rings (SSSR count). The van der Waals surface area contributed by atoms with Gasteiger partial charge in [-0.25, -0.2) is 4.79 Å². The van der Waals surface area contributed by atoms with Gasteiger partial charge in [-0.05, 0) is 0 Å². The van der Waals surface area contributed by atoms with Crippen molar-refractivity contribution in [3.63, 3.8) is 0 Å². The van der Waals surface area contributed by atoms with Crippen LogP contribution in [0.3, 0.4) is 0 Å². The van der Waals surface area contributed by atoms with Crippen LogP contribution in [0.4, 0.5) is 0 Å². The van der Waals surface area contributed by atoms with Crippen LogP contribution < -0.4 is 0 Å². The standard InChI is InChI=1S/C6H12O5/c7-1-2-10-3-4-11-5-6(8)9/h7H,1-5H2,(H,8,9)/i7T. The molecule has 0 saturated heterocycles. The number of carboxylic acids is 1. The second-order valence-corrected chi connectivity index (χ2v) is 1.76. The molecule has 0 unspecified atom stereocenters. The Morgan fingerprint density at radius 3 is 2.73 bits per heavy atom. The first kappa shape index (κ1) is 8.45. The molecule has 5 heteroatoms. The first-order valence-corrected chi connectivity index (χ1v) is 3.22. The Kier molecular flexibility index (Phi) is 5.73. The fraction of sp³-hybridized carbons (Fsp3) is 0.833. The van der Waals surface area contributed by atoms with E-state index in [-0.39, 0.29) is 19.8 Å². The van der Waals surface area contributed by atoms with E-state index < -0.39 is 5.97 Å². The Morgan fingerprint density at radius 1 is 1.36 bits per heavy atom. The summed E-state index contributed by atoms with van der Waals surface area (Å²) in [5, 5.41) is 12.1. The molecule has 0 bridgehead atoms. The van der Waals surface area contributed by atoms with Gasteiger partial charge in [-0.1, -0.05) is 0 Å². The van der Waals surface area contributed by atoms with E-state index in [1.54, 1.807) is 0 Å². The van der Waals surface area contributed by atoms with Crippen molar-refractivity contribution in [1.29, 1.82) is 1.43 Å². The number of aliphatic hydroxyl groups excluding tert-OH is 1. The van der Waals surface area contributed by atoms with E-state index in [1.165, 1.54) is 0 Å². The molecule has 0 radical (unpaired) electrons.